The van der Waals surface area contributed by atoms with Crippen LogP contribution in [0.3, 0.4) is 0 Å². The third-order valence-corrected chi connectivity index (χ3v) is 7.08. The van der Waals surface area contributed by atoms with E-state index in [4.69, 9.17) is 6.57 Å². The van der Waals surface area contributed by atoms with E-state index in [1.165, 1.54) is 65.7 Å². The largest absolute Gasteiger partial charge is 0.311 e. The number of hydrogen-bond acceptors (Lipinski definition) is 0. The second-order valence-electron chi connectivity index (χ2n) is 9.91. The second kappa shape index (κ2) is 6.20. The van der Waals surface area contributed by atoms with E-state index in [2.05, 4.69) is 89.4 Å². The fourth-order valence-electron chi connectivity index (χ4n) is 5.68. The minimum Gasteiger partial charge on any atom is -0.311 e. The summed E-state index contributed by atoms with van der Waals surface area (Å²) in [6.07, 6.45) is 2.93. The van der Waals surface area contributed by atoms with Crippen LogP contribution in [0.15, 0.2) is 54.7 Å². The first-order valence-electron chi connectivity index (χ1n) is 11.2. The average molecular weight is 417 g/mol. The minimum absolute atomic E-state index is 0.403. The Balaban J connectivity index is 1.90. The van der Waals surface area contributed by atoms with Crippen molar-refractivity contribution in [1.82, 2.24) is 4.40 Å². The number of aromatic nitrogens is 2. The molecule has 3 heterocycles. The molecule has 0 bridgehead atoms. The normalized spacial score (nSPS) is 12.6. The van der Waals surface area contributed by atoms with Crippen LogP contribution in [0, 0.1) is 20.4 Å². The summed E-state index contributed by atoms with van der Waals surface area (Å²) in [5.41, 5.74) is 8.48. The predicted octanol–water partition coefficient (Wildman–Crippen LogP) is 6.67. The van der Waals surface area contributed by atoms with Crippen LogP contribution in [0.5, 0.6) is 0 Å². The SMILES string of the molecule is [C-]#[N+]C(C)(C)Cc1ccc2c3cc[n+](C)c4c5c(C)cc(C)c6cccc(c65)n(c2c1)c34. The van der Waals surface area contributed by atoms with Gasteiger partial charge in [-0.05, 0) is 48.1 Å². The molecule has 0 saturated carbocycles. The van der Waals surface area contributed by atoms with Gasteiger partial charge in [0.05, 0.1) is 22.8 Å². The van der Waals surface area contributed by atoms with Gasteiger partial charge in [0, 0.05) is 36.1 Å². The molecule has 6 rings (SSSR count). The van der Waals surface area contributed by atoms with E-state index < -0.39 is 5.54 Å². The van der Waals surface area contributed by atoms with Crippen molar-refractivity contribution >= 4 is 49.0 Å². The third kappa shape index (κ3) is 2.38. The first kappa shape index (κ1) is 19.1. The molecule has 0 fully saturated rings. The van der Waals surface area contributed by atoms with Crippen molar-refractivity contribution in [3.05, 3.63) is 82.8 Å². The number of benzene rings is 3. The van der Waals surface area contributed by atoms with E-state index in [1.54, 1.807) is 0 Å². The molecule has 3 aromatic carbocycles. The molecule has 0 radical (unpaired) electrons. The predicted molar refractivity (Wildman–Crippen MR) is 134 cm³/mol. The molecule has 0 aliphatic rings. The molecular formula is C29H26N3+. The summed E-state index contributed by atoms with van der Waals surface area (Å²) in [5, 5.41) is 6.55. The summed E-state index contributed by atoms with van der Waals surface area (Å²) < 4.78 is 4.73. The zero-order valence-electron chi connectivity index (χ0n) is 19.2. The van der Waals surface area contributed by atoms with Crippen molar-refractivity contribution in [3.8, 4) is 0 Å². The van der Waals surface area contributed by atoms with Crippen LogP contribution in [-0.2, 0) is 13.5 Å². The maximum Gasteiger partial charge on any atom is 0.238 e. The Labute approximate surface area is 187 Å². The van der Waals surface area contributed by atoms with Crippen molar-refractivity contribution in [2.45, 2.75) is 39.7 Å². The van der Waals surface area contributed by atoms with Gasteiger partial charge in [-0.2, -0.15) is 4.57 Å². The molecule has 3 aromatic heterocycles. The summed E-state index contributed by atoms with van der Waals surface area (Å²) in [6.45, 7) is 16.0. The summed E-state index contributed by atoms with van der Waals surface area (Å²) >= 11 is 0. The molecule has 156 valence electrons. The number of fused-ring (bicyclic) bond motifs is 5. The lowest BCUT2D eigenvalue weighted by Crippen LogP contribution is -2.29. The highest BCUT2D eigenvalue weighted by Gasteiger charge is 2.26. The van der Waals surface area contributed by atoms with Crippen molar-refractivity contribution in [1.29, 1.82) is 0 Å². The van der Waals surface area contributed by atoms with E-state index in [0.29, 0.717) is 0 Å². The molecule has 0 atom stereocenters. The Bertz CT molecular complexity index is 1760. The smallest absolute Gasteiger partial charge is 0.238 e. The Morgan fingerprint density at radius 2 is 1.72 bits per heavy atom. The summed E-state index contributed by atoms with van der Waals surface area (Å²) in [5.74, 6) is 0. The summed E-state index contributed by atoms with van der Waals surface area (Å²) in [6, 6.07) is 18.0. The molecule has 0 aliphatic heterocycles. The maximum atomic E-state index is 7.56. The second-order valence-corrected chi connectivity index (χ2v) is 9.91. The van der Waals surface area contributed by atoms with Gasteiger partial charge in [0.15, 0.2) is 6.20 Å². The molecule has 32 heavy (non-hydrogen) atoms. The van der Waals surface area contributed by atoms with Gasteiger partial charge in [-0.1, -0.05) is 30.3 Å². The van der Waals surface area contributed by atoms with Gasteiger partial charge < -0.3 is 9.25 Å². The lowest BCUT2D eigenvalue weighted by molar-refractivity contribution is -0.644. The van der Waals surface area contributed by atoms with Crippen molar-refractivity contribution in [3.63, 3.8) is 0 Å². The first-order chi connectivity index (χ1) is 15.3. The molecule has 0 N–H and O–H groups in total. The molecular weight excluding hydrogens is 390 g/mol. The Morgan fingerprint density at radius 3 is 2.50 bits per heavy atom. The fraction of sp³-hybridized carbons (Fsp3) is 0.241. The Kier molecular flexibility index (Phi) is 3.70. The van der Waals surface area contributed by atoms with E-state index in [-0.39, 0.29) is 0 Å². The Morgan fingerprint density at radius 1 is 0.906 bits per heavy atom. The monoisotopic (exact) mass is 416 g/mol. The van der Waals surface area contributed by atoms with E-state index in [1.807, 2.05) is 13.8 Å². The molecule has 0 saturated heterocycles. The maximum absolute atomic E-state index is 7.56. The van der Waals surface area contributed by atoms with E-state index in [9.17, 15) is 0 Å². The molecule has 3 heteroatoms. The third-order valence-electron chi connectivity index (χ3n) is 7.08. The summed E-state index contributed by atoms with van der Waals surface area (Å²) in [7, 11) is 2.15. The lowest BCUT2D eigenvalue weighted by Gasteiger charge is -2.15. The van der Waals surface area contributed by atoms with Crippen LogP contribution < -0.4 is 4.57 Å². The number of pyridine rings is 2. The van der Waals surface area contributed by atoms with Crippen LogP contribution in [-0.4, -0.2) is 9.94 Å². The van der Waals surface area contributed by atoms with Crippen LogP contribution in [0.1, 0.15) is 30.5 Å². The van der Waals surface area contributed by atoms with Gasteiger partial charge in [-0.25, -0.2) is 6.57 Å². The highest BCUT2D eigenvalue weighted by Crippen LogP contribution is 2.41. The van der Waals surface area contributed by atoms with Crippen LogP contribution in [0.4, 0.5) is 0 Å². The van der Waals surface area contributed by atoms with Gasteiger partial charge in [0.1, 0.15) is 12.6 Å². The number of hydrogen-bond donors (Lipinski definition) is 0. The molecule has 6 aromatic rings. The van der Waals surface area contributed by atoms with Gasteiger partial charge in [0.2, 0.25) is 11.1 Å². The van der Waals surface area contributed by atoms with Crippen LogP contribution >= 0.6 is 0 Å². The summed E-state index contributed by atoms with van der Waals surface area (Å²) in [4.78, 5) is 3.84. The number of aryl methyl sites for hydroxylation is 3. The molecule has 0 amide bonds. The van der Waals surface area contributed by atoms with Crippen molar-refractivity contribution in [2.75, 3.05) is 0 Å². The molecule has 0 spiro atoms. The fourth-order valence-corrected chi connectivity index (χ4v) is 5.68. The molecule has 0 unspecified atom stereocenters. The standard InChI is InChI=1S/C29H26N3/c1-17-14-18(2)25-26-20(17)8-7-9-23(26)32-24-15-19(16-29(3,4)30-5)10-11-21(24)22-12-13-31(6)28(25)27(22)32/h7-15H,16H2,1-4,6H3/q+1. The average Bonchev–Trinajstić information content (AvgIpc) is 3.09. The minimum atomic E-state index is -0.403. The highest BCUT2D eigenvalue weighted by atomic mass is 15.0. The Hall–Kier alpha value is -3.64. The first-order valence-corrected chi connectivity index (χ1v) is 11.2. The molecule has 0 aliphatic carbocycles. The van der Waals surface area contributed by atoms with Gasteiger partial charge >= 0.3 is 0 Å². The number of rotatable bonds is 2. The molecule has 3 nitrogen and oxygen atoms in total. The van der Waals surface area contributed by atoms with Crippen molar-refractivity contribution in [2.24, 2.45) is 7.05 Å². The van der Waals surface area contributed by atoms with E-state index >= 15 is 0 Å². The van der Waals surface area contributed by atoms with Crippen LogP contribution in [0.2, 0.25) is 0 Å². The zero-order chi connectivity index (χ0) is 22.4. The van der Waals surface area contributed by atoms with Gasteiger partial charge in [0.25, 0.3) is 0 Å². The van der Waals surface area contributed by atoms with Gasteiger partial charge in [-0.3, -0.25) is 0 Å². The quantitative estimate of drug-likeness (QED) is 0.129. The number of nitrogens with zero attached hydrogens (tertiary/aromatic N) is 3. The lowest BCUT2D eigenvalue weighted by atomic mass is 9.95. The van der Waals surface area contributed by atoms with Crippen LogP contribution in [0.25, 0.3) is 53.8 Å². The topological polar surface area (TPSA) is 12.7 Å². The van der Waals surface area contributed by atoms with E-state index in [0.717, 1.165) is 6.42 Å². The zero-order valence-corrected chi connectivity index (χ0v) is 19.2. The van der Waals surface area contributed by atoms with Crippen molar-refractivity contribution < 1.29 is 4.57 Å². The van der Waals surface area contributed by atoms with Gasteiger partial charge in [-0.15, -0.1) is 0 Å². The highest BCUT2D eigenvalue weighted by molar-refractivity contribution is 6.26.